The van der Waals surface area contributed by atoms with Crippen LogP contribution in [0, 0.1) is 6.92 Å². The Kier molecular flexibility index (Phi) is 4.22. The maximum absolute atomic E-state index is 12.1. The zero-order valence-electron chi connectivity index (χ0n) is 10.7. The molecular weight excluding hydrogens is 306 g/mol. The lowest BCUT2D eigenvalue weighted by Crippen LogP contribution is -2.11. The van der Waals surface area contributed by atoms with Crippen LogP contribution in [0.1, 0.15) is 15.9 Å². The van der Waals surface area contributed by atoms with Crippen molar-refractivity contribution in [2.75, 3.05) is 12.4 Å². The van der Waals surface area contributed by atoms with E-state index >= 15 is 0 Å². The quantitative estimate of drug-likeness (QED) is 0.928. The largest absolute Gasteiger partial charge is 0.497 e. The van der Waals surface area contributed by atoms with Gasteiger partial charge in [0.25, 0.3) is 5.91 Å². The highest BCUT2D eigenvalue weighted by molar-refractivity contribution is 9.10. The summed E-state index contributed by atoms with van der Waals surface area (Å²) in [6.45, 7) is 1.95. The second-order valence-corrected chi connectivity index (χ2v) is 5.00. The van der Waals surface area contributed by atoms with Crippen molar-refractivity contribution in [1.82, 2.24) is 0 Å². The van der Waals surface area contributed by atoms with Crippen molar-refractivity contribution in [3.05, 3.63) is 58.1 Å². The molecule has 2 rings (SSSR count). The van der Waals surface area contributed by atoms with Crippen molar-refractivity contribution in [2.24, 2.45) is 0 Å². The lowest BCUT2D eigenvalue weighted by molar-refractivity contribution is 0.102. The topological polar surface area (TPSA) is 38.3 Å². The van der Waals surface area contributed by atoms with E-state index in [2.05, 4.69) is 21.2 Å². The molecule has 3 nitrogen and oxygen atoms in total. The number of methoxy groups -OCH3 is 1. The summed E-state index contributed by atoms with van der Waals surface area (Å²) in [5.41, 5.74) is 2.41. The molecule has 0 aromatic heterocycles. The van der Waals surface area contributed by atoms with Crippen LogP contribution in [-0.2, 0) is 0 Å². The molecule has 0 aliphatic carbocycles. The monoisotopic (exact) mass is 319 g/mol. The highest BCUT2D eigenvalue weighted by Gasteiger charge is 2.07. The molecule has 0 bridgehead atoms. The second kappa shape index (κ2) is 5.89. The molecule has 0 heterocycles. The Morgan fingerprint density at radius 2 is 1.84 bits per heavy atom. The van der Waals surface area contributed by atoms with Gasteiger partial charge < -0.3 is 10.1 Å². The van der Waals surface area contributed by atoms with E-state index in [4.69, 9.17) is 4.74 Å². The van der Waals surface area contributed by atoms with Gasteiger partial charge in [-0.05, 0) is 55.0 Å². The summed E-state index contributed by atoms with van der Waals surface area (Å²) in [6, 6.07) is 12.7. The molecule has 98 valence electrons. The van der Waals surface area contributed by atoms with Crippen LogP contribution >= 0.6 is 15.9 Å². The zero-order valence-corrected chi connectivity index (χ0v) is 12.3. The molecule has 1 N–H and O–H groups in total. The van der Waals surface area contributed by atoms with Crippen LogP contribution in [0.5, 0.6) is 5.75 Å². The normalized spacial score (nSPS) is 10.1. The third-order valence-electron chi connectivity index (χ3n) is 2.77. The third-order valence-corrected chi connectivity index (χ3v) is 3.66. The number of anilines is 1. The first-order valence-corrected chi connectivity index (χ1v) is 6.61. The highest BCUT2D eigenvalue weighted by Crippen LogP contribution is 2.19. The van der Waals surface area contributed by atoms with Crippen LogP contribution < -0.4 is 10.1 Å². The first-order chi connectivity index (χ1) is 9.10. The van der Waals surface area contributed by atoms with Gasteiger partial charge >= 0.3 is 0 Å². The Hall–Kier alpha value is -1.81. The number of aryl methyl sites for hydroxylation is 1. The highest BCUT2D eigenvalue weighted by atomic mass is 79.9. The molecule has 19 heavy (non-hydrogen) atoms. The number of rotatable bonds is 3. The van der Waals surface area contributed by atoms with Crippen molar-refractivity contribution in [3.63, 3.8) is 0 Å². The van der Waals surface area contributed by atoms with Gasteiger partial charge in [-0.1, -0.05) is 15.9 Å². The van der Waals surface area contributed by atoms with E-state index in [1.54, 1.807) is 13.2 Å². The summed E-state index contributed by atoms with van der Waals surface area (Å²) in [5, 5.41) is 2.85. The Balaban J connectivity index is 2.13. The Bertz CT molecular complexity index is 594. The van der Waals surface area contributed by atoms with Gasteiger partial charge in [0.1, 0.15) is 5.75 Å². The molecule has 2 aromatic carbocycles. The Morgan fingerprint density at radius 1 is 1.16 bits per heavy atom. The van der Waals surface area contributed by atoms with Gasteiger partial charge in [0, 0.05) is 15.7 Å². The van der Waals surface area contributed by atoms with E-state index in [0.29, 0.717) is 5.56 Å². The van der Waals surface area contributed by atoms with Crippen LogP contribution in [-0.4, -0.2) is 13.0 Å². The molecule has 0 saturated heterocycles. The van der Waals surface area contributed by atoms with Crippen LogP contribution in [0.3, 0.4) is 0 Å². The number of halogens is 1. The van der Waals surface area contributed by atoms with E-state index in [1.807, 2.05) is 43.3 Å². The van der Waals surface area contributed by atoms with Gasteiger partial charge in [0.15, 0.2) is 0 Å². The summed E-state index contributed by atoms with van der Waals surface area (Å²) in [5.74, 6) is 0.637. The molecule has 2 aromatic rings. The molecule has 0 fully saturated rings. The minimum absolute atomic E-state index is 0.124. The smallest absolute Gasteiger partial charge is 0.255 e. The Morgan fingerprint density at radius 3 is 2.42 bits per heavy atom. The van der Waals surface area contributed by atoms with Crippen LogP contribution in [0.4, 0.5) is 5.69 Å². The van der Waals surface area contributed by atoms with Gasteiger partial charge in [-0.3, -0.25) is 4.79 Å². The first kappa shape index (κ1) is 13.6. The van der Waals surface area contributed by atoms with Crippen LogP contribution in [0.2, 0.25) is 0 Å². The SMILES string of the molecule is COc1ccc(NC(=O)c2ccc(Br)c(C)c2)cc1. The van der Waals surface area contributed by atoms with E-state index in [1.165, 1.54) is 0 Å². The third kappa shape index (κ3) is 3.35. The summed E-state index contributed by atoms with van der Waals surface area (Å²) >= 11 is 3.42. The minimum atomic E-state index is -0.124. The average molecular weight is 320 g/mol. The van der Waals surface area contributed by atoms with Gasteiger partial charge in [-0.25, -0.2) is 0 Å². The molecule has 0 atom stereocenters. The van der Waals surface area contributed by atoms with Crippen LogP contribution in [0.25, 0.3) is 0 Å². The molecular formula is C15H14BrNO2. The number of hydrogen-bond donors (Lipinski definition) is 1. The van der Waals surface area contributed by atoms with E-state index in [-0.39, 0.29) is 5.91 Å². The van der Waals surface area contributed by atoms with E-state index < -0.39 is 0 Å². The summed E-state index contributed by atoms with van der Waals surface area (Å²) < 4.78 is 6.06. The molecule has 0 unspecified atom stereocenters. The van der Waals surface area contributed by atoms with Gasteiger partial charge in [0.05, 0.1) is 7.11 Å². The summed E-state index contributed by atoms with van der Waals surface area (Å²) in [4.78, 5) is 12.1. The molecule has 0 saturated carbocycles. The number of carbonyl (C=O) groups is 1. The Labute approximate surface area is 120 Å². The molecule has 0 radical (unpaired) electrons. The molecule has 4 heteroatoms. The van der Waals surface area contributed by atoms with Crippen molar-refractivity contribution in [3.8, 4) is 5.75 Å². The fourth-order valence-corrected chi connectivity index (χ4v) is 1.91. The minimum Gasteiger partial charge on any atom is -0.497 e. The van der Waals surface area contributed by atoms with Gasteiger partial charge in [0.2, 0.25) is 0 Å². The van der Waals surface area contributed by atoms with Crippen LogP contribution in [0.15, 0.2) is 46.9 Å². The lowest BCUT2D eigenvalue weighted by atomic mass is 10.1. The molecule has 0 aliphatic heterocycles. The first-order valence-electron chi connectivity index (χ1n) is 5.81. The lowest BCUT2D eigenvalue weighted by Gasteiger charge is -2.07. The number of carbonyl (C=O) groups excluding carboxylic acids is 1. The van der Waals surface area contributed by atoms with Gasteiger partial charge in [-0.2, -0.15) is 0 Å². The van der Waals surface area contributed by atoms with E-state index in [9.17, 15) is 4.79 Å². The number of hydrogen-bond acceptors (Lipinski definition) is 2. The average Bonchev–Trinajstić information content (AvgIpc) is 2.42. The standard InChI is InChI=1S/C15H14BrNO2/c1-10-9-11(3-8-14(10)16)15(18)17-12-4-6-13(19-2)7-5-12/h3-9H,1-2H3,(H,17,18). The second-order valence-electron chi connectivity index (χ2n) is 4.15. The number of amides is 1. The predicted molar refractivity (Wildman–Crippen MR) is 79.8 cm³/mol. The van der Waals surface area contributed by atoms with Crippen molar-refractivity contribution >= 4 is 27.5 Å². The predicted octanol–water partition coefficient (Wildman–Crippen LogP) is 4.02. The zero-order chi connectivity index (χ0) is 13.8. The molecule has 0 aliphatic rings. The fourth-order valence-electron chi connectivity index (χ4n) is 1.66. The summed E-state index contributed by atoms with van der Waals surface area (Å²) in [6.07, 6.45) is 0. The molecule has 0 spiro atoms. The number of nitrogens with one attached hydrogen (secondary N) is 1. The van der Waals surface area contributed by atoms with Crippen molar-refractivity contribution < 1.29 is 9.53 Å². The number of ether oxygens (including phenoxy) is 1. The van der Waals surface area contributed by atoms with E-state index in [0.717, 1.165) is 21.5 Å². The maximum atomic E-state index is 12.1. The fraction of sp³-hybridized carbons (Fsp3) is 0.133. The number of benzene rings is 2. The molecule has 1 amide bonds. The van der Waals surface area contributed by atoms with Crippen molar-refractivity contribution in [2.45, 2.75) is 6.92 Å². The maximum Gasteiger partial charge on any atom is 0.255 e. The summed E-state index contributed by atoms with van der Waals surface area (Å²) in [7, 11) is 1.61. The van der Waals surface area contributed by atoms with Crippen molar-refractivity contribution in [1.29, 1.82) is 0 Å². The van der Waals surface area contributed by atoms with Gasteiger partial charge in [-0.15, -0.1) is 0 Å².